The number of aliphatic hydroxyl groups excluding tert-OH is 1. The third-order valence-electron chi connectivity index (χ3n) is 1.85. The molecule has 1 aromatic heterocycles. The zero-order valence-electron chi connectivity index (χ0n) is 8.57. The summed E-state index contributed by atoms with van der Waals surface area (Å²) in [5.74, 6) is 0.935. The highest BCUT2D eigenvalue weighted by Crippen LogP contribution is 2.18. The van der Waals surface area contributed by atoms with Crippen molar-refractivity contribution in [3.63, 3.8) is 0 Å². The van der Waals surface area contributed by atoms with Crippen LogP contribution in [0.1, 0.15) is 19.8 Å². The Morgan fingerprint density at radius 1 is 1.67 bits per heavy atom. The number of aromatic nitrogens is 2. The van der Waals surface area contributed by atoms with E-state index >= 15 is 0 Å². The Balaban J connectivity index is 2.40. The maximum Gasteiger partial charge on any atom is 0.221 e. The number of anilines is 2. The molecule has 1 rings (SSSR count). The quantitative estimate of drug-likeness (QED) is 0.707. The van der Waals surface area contributed by atoms with Crippen LogP contribution in [-0.4, -0.2) is 27.7 Å². The fourth-order valence-electron chi connectivity index (χ4n) is 1.11. The Bertz CT molecular complexity index is 319. The van der Waals surface area contributed by atoms with Gasteiger partial charge in [-0.3, -0.25) is 0 Å². The second-order valence-corrected chi connectivity index (χ2v) is 4.20. The van der Waals surface area contributed by atoms with E-state index in [-0.39, 0.29) is 12.1 Å². The number of aliphatic hydroxyl groups is 1. The van der Waals surface area contributed by atoms with E-state index in [0.29, 0.717) is 5.82 Å². The highest BCUT2D eigenvalue weighted by atomic mass is 79.9. The number of nitrogen functional groups attached to an aromatic ring is 1. The molecule has 0 saturated carbocycles. The lowest BCUT2D eigenvalue weighted by Gasteiger charge is -2.08. The third-order valence-corrected chi connectivity index (χ3v) is 2.43. The van der Waals surface area contributed by atoms with Crippen molar-refractivity contribution in [2.75, 3.05) is 17.6 Å². The molecule has 0 bridgehead atoms. The van der Waals surface area contributed by atoms with Crippen LogP contribution in [-0.2, 0) is 0 Å². The topological polar surface area (TPSA) is 84.1 Å². The van der Waals surface area contributed by atoms with E-state index in [0.717, 1.165) is 23.9 Å². The summed E-state index contributed by atoms with van der Waals surface area (Å²) >= 11 is 3.32. The number of nitrogens with two attached hydrogens (primary N) is 1. The second kappa shape index (κ2) is 5.87. The van der Waals surface area contributed by atoms with Crippen LogP contribution < -0.4 is 11.1 Å². The van der Waals surface area contributed by atoms with Crippen molar-refractivity contribution in [2.45, 2.75) is 25.9 Å². The van der Waals surface area contributed by atoms with Crippen LogP contribution in [0.25, 0.3) is 0 Å². The van der Waals surface area contributed by atoms with Crippen LogP contribution in [0.15, 0.2) is 10.7 Å². The first kappa shape index (κ1) is 12.2. The van der Waals surface area contributed by atoms with Gasteiger partial charge in [-0.05, 0) is 35.7 Å². The summed E-state index contributed by atoms with van der Waals surface area (Å²) < 4.78 is 0.786. The van der Waals surface area contributed by atoms with E-state index in [1.165, 1.54) is 0 Å². The van der Waals surface area contributed by atoms with E-state index in [9.17, 15) is 0 Å². The molecule has 5 nitrogen and oxygen atoms in total. The number of rotatable bonds is 5. The second-order valence-electron chi connectivity index (χ2n) is 3.34. The minimum absolute atomic E-state index is 0.247. The Morgan fingerprint density at radius 2 is 2.40 bits per heavy atom. The predicted octanol–water partition coefficient (Wildman–Crippen LogP) is 1.39. The molecule has 0 saturated heterocycles. The highest BCUT2D eigenvalue weighted by molar-refractivity contribution is 9.10. The Kier molecular flexibility index (Phi) is 4.77. The van der Waals surface area contributed by atoms with Crippen molar-refractivity contribution in [3.05, 3.63) is 10.7 Å². The molecule has 0 aliphatic heterocycles. The minimum Gasteiger partial charge on any atom is -0.393 e. The van der Waals surface area contributed by atoms with E-state index in [1.807, 2.05) is 0 Å². The first-order valence-electron chi connectivity index (χ1n) is 4.79. The molecule has 0 aromatic carbocycles. The fraction of sp³-hybridized carbons (Fsp3) is 0.556. The van der Waals surface area contributed by atoms with Gasteiger partial charge in [0.2, 0.25) is 5.95 Å². The zero-order chi connectivity index (χ0) is 11.3. The number of hydrogen-bond donors (Lipinski definition) is 3. The Hall–Kier alpha value is -0.880. The van der Waals surface area contributed by atoms with Crippen LogP contribution in [0.5, 0.6) is 0 Å². The monoisotopic (exact) mass is 274 g/mol. The van der Waals surface area contributed by atoms with E-state index < -0.39 is 0 Å². The molecule has 0 aliphatic rings. The van der Waals surface area contributed by atoms with Gasteiger partial charge in [0, 0.05) is 12.7 Å². The maximum absolute atomic E-state index is 9.07. The van der Waals surface area contributed by atoms with Crippen molar-refractivity contribution in [1.29, 1.82) is 0 Å². The average molecular weight is 275 g/mol. The van der Waals surface area contributed by atoms with Gasteiger partial charge in [-0.2, -0.15) is 4.98 Å². The molecule has 0 aliphatic carbocycles. The minimum atomic E-state index is -0.259. The lowest BCUT2D eigenvalue weighted by Crippen LogP contribution is -2.09. The van der Waals surface area contributed by atoms with Gasteiger partial charge in [0.25, 0.3) is 0 Å². The van der Waals surface area contributed by atoms with Crippen molar-refractivity contribution in [1.82, 2.24) is 9.97 Å². The van der Waals surface area contributed by atoms with Crippen LogP contribution in [0.3, 0.4) is 0 Å². The largest absolute Gasteiger partial charge is 0.393 e. The van der Waals surface area contributed by atoms with Gasteiger partial charge >= 0.3 is 0 Å². The fourth-order valence-corrected chi connectivity index (χ4v) is 1.44. The molecule has 6 heteroatoms. The molecule has 1 atom stereocenters. The SMILES string of the molecule is CC(O)CCCNc1nc(N)ncc1Br. The van der Waals surface area contributed by atoms with Crippen molar-refractivity contribution < 1.29 is 5.11 Å². The lowest BCUT2D eigenvalue weighted by atomic mass is 10.2. The van der Waals surface area contributed by atoms with Gasteiger partial charge in [0.15, 0.2) is 0 Å². The van der Waals surface area contributed by atoms with Crippen LogP contribution in [0.4, 0.5) is 11.8 Å². The van der Waals surface area contributed by atoms with Gasteiger partial charge in [-0.15, -0.1) is 0 Å². The summed E-state index contributed by atoms with van der Waals surface area (Å²) in [6, 6.07) is 0. The summed E-state index contributed by atoms with van der Waals surface area (Å²) in [6.07, 6.45) is 3.00. The molecule has 4 N–H and O–H groups in total. The standard InChI is InChI=1S/C9H15BrN4O/c1-6(15)3-2-4-12-8-7(10)5-13-9(11)14-8/h5-6,15H,2-4H2,1H3,(H3,11,12,13,14). The molecule has 15 heavy (non-hydrogen) atoms. The molecular formula is C9H15BrN4O. The normalized spacial score (nSPS) is 12.5. The van der Waals surface area contributed by atoms with Gasteiger partial charge in [0.05, 0.1) is 10.6 Å². The summed E-state index contributed by atoms with van der Waals surface area (Å²) in [7, 11) is 0. The number of halogens is 1. The predicted molar refractivity (Wildman–Crippen MR) is 63.5 cm³/mol. The van der Waals surface area contributed by atoms with Crippen LogP contribution >= 0.6 is 15.9 Å². The van der Waals surface area contributed by atoms with Gasteiger partial charge in [-0.25, -0.2) is 4.98 Å². The Morgan fingerprint density at radius 3 is 3.07 bits per heavy atom. The molecule has 0 radical (unpaired) electrons. The summed E-state index contributed by atoms with van der Waals surface area (Å²) in [4.78, 5) is 7.87. The van der Waals surface area contributed by atoms with Crippen molar-refractivity contribution >= 4 is 27.7 Å². The van der Waals surface area contributed by atoms with Gasteiger partial charge in [-0.1, -0.05) is 0 Å². The zero-order valence-corrected chi connectivity index (χ0v) is 10.2. The number of nitrogens with zero attached hydrogens (tertiary/aromatic N) is 2. The van der Waals surface area contributed by atoms with E-state index in [1.54, 1.807) is 13.1 Å². The summed E-state index contributed by atoms with van der Waals surface area (Å²) in [5.41, 5.74) is 5.46. The van der Waals surface area contributed by atoms with Crippen LogP contribution in [0, 0.1) is 0 Å². The van der Waals surface area contributed by atoms with Crippen molar-refractivity contribution in [2.24, 2.45) is 0 Å². The highest BCUT2D eigenvalue weighted by Gasteiger charge is 2.02. The maximum atomic E-state index is 9.07. The molecule has 1 aromatic rings. The molecule has 0 spiro atoms. The smallest absolute Gasteiger partial charge is 0.221 e. The molecule has 0 amide bonds. The third kappa shape index (κ3) is 4.44. The summed E-state index contributed by atoms with van der Waals surface area (Å²) in [6.45, 7) is 2.53. The van der Waals surface area contributed by atoms with Gasteiger partial charge in [0.1, 0.15) is 5.82 Å². The van der Waals surface area contributed by atoms with Crippen LogP contribution in [0.2, 0.25) is 0 Å². The molecule has 84 valence electrons. The number of nitrogens with one attached hydrogen (secondary N) is 1. The molecule has 1 unspecified atom stereocenters. The Labute approximate surface area is 97.2 Å². The molecular weight excluding hydrogens is 260 g/mol. The van der Waals surface area contributed by atoms with E-state index in [4.69, 9.17) is 10.8 Å². The first-order chi connectivity index (χ1) is 7.09. The first-order valence-corrected chi connectivity index (χ1v) is 5.59. The molecule has 0 fully saturated rings. The van der Waals surface area contributed by atoms with E-state index in [2.05, 4.69) is 31.2 Å². The van der Waals surface area contributed by atoms with Crippen molar-refractivity contribution in [3.8, 4) is 0 Å². The lowest BCUT2D eigenvalue weighted by molar-refractivity contribution is 0.183. The average Bonchev–Trinajstić information content (AvgIpc) is 2.17. The number of hydrogen-bond acceptors (Lipinski definition) is 5. The molecule has 1 heterocycles. The van der Waals surface area contributed by atoms with Gasteiger partial charge < -0.3 is 16.2 Å². The summed E-state index contributed by atoms with van der Waals surface area (Å²) in [5, 5.41) is 12.2.